The zero-order valence-electron chi connectivity index (χ0n) is 15.9. The highest BCUT2D eigenvalue weighted by molar-refractivity contribution is 9.10. The number of amidine groups is 1. The zero-order valence-corrected chi connectivity index (χ0v) is 17.5. The molecule has 0 fully saturated rings. The molecule has 0 atom stereocenters. The molecule has 0 spiro atoms. The number of para-hydroxylation sites is 1. The third-order valence-corrected chi connectivity index (χ3v) is 4.49. The molecule has 2 amide bonds. The molecule has 4 N–H and O–H groups in total. The maximum absolute atomic E-state index is 12.7. The Kier molecular flexibility index (Phi) is 6.76. The van der Waals surface area contributed by atoms with Gasteiger partial charge in [0, 0.05) is 21.8 Å². The van der Waals surface area contributed by atoms with Crippen LogP contribution in [0.1, 0.15) is 26.3 Å². The third-order valence-electron chi connectivity index (χ3n) is 4.02. The van der Waals surface area contributed by atoms with Crippen molar-refractivity contribution in [3.63, 3.8) is 0 Å². The van der Waals surface area contributed by atoms with Crippen molar-refractivity contribution in [3.05, 3.63) is 88.0 Å². The summed E-state index contributed by atoms with van der Waals surface area (Å²) in [6.45, 7) is 0. The van der Waals surface area contributed by atoms with Gasteiger partial charge in [0.15, 0.2) is 5.84 Å². The number of aromatic nitrogens is 1. The monoisotopic (exact) mass is 467 g/mol. The number of halogens is 1. The Hall–Kier alpha value is -3.72. The Labute approximate surface area is 181 Å². The predicted octanol–water partition coefficient (Wildman–Crippen LogP) is 3.62. The Morgan fingerprint density at radius 2 is 1.67 bits per heavy atom. The van der Waals surface area contributed by atoms with Gasteiger partial charge in [-0.1, -0.05) is 29.4 Å². The number of carbonyl (C=O) groups excluding carboxylic acids is 2. The molecule has 30 heavy (non-hydrogen) atoms. The summed E-state index contributed by atoms with van der Waals surface area (Å²) in [5.41, 5.74) is 7.46. The highest BCUT2D eigenvalue weighted by atomic mass is 79.9. The summed E-state index contributed by atoms with van der Waals surface area (Å²) in [5, 5.41) is 9.12. The fourth-order valence-electron chi connectivity index (χ4n) is 2.56. The van der Waals surface area contributed by atoms with Crippen LogP contribution in [0.15, 0.2) is 76.5 Å². The standard InChI is InChI=1S/C21H18BrN5O3/c1-30-27-19(23)13-6-8-14(9-7-13)20(28)25-17-5-3-2-4-16(17)21(29)26-18-11-10-15(22)12-24-18/h2-12H,1H3,(H2,23,27)(H,25,28)(H,24,26,29). The molecule has 0 unspecified atom stereocenters. The van der Waals surface area contributed by atoms with Gasteiger partial charge in [0.25, 0.3) is 11.8 Å². The van der Waals surface area contributed by atoms with Crippen LogP contribution in [0.4, 0.5) is 11.5 Å². The van der Waals surface area contributed by atoms with Gasteiger partial charge in [0.1, 0.15) is 12.9 Å². The van der Waals surface area contributed by atoms with Gasteiger partial charge >= 0.3 is 0 Å². The van der Waals surface area contributed by atoms with Crippen molar-refractivity contribution < 1.29 is 14.4 Å². The van der Waals surface area contributed by atoms with Crippen molar-refractivity contribution in [2.75, 3.05) is 17.7 Å². The SMILES string of the molecule is CO/N=C(\N)c1ccc(C(=O)Nc2ccccc2C(=O)Nc2ccc(Br)cn2)cc1. The van der Waals surface area contributed by atoms with E-state index in [1.54, 1.807) is 66.9 Å². The van der Waals surface area contributed by atoms with Crippen molar-refractivity contribution in [1.29, 1.82) is 0 Å². The molecule has 0 saturated heterocycles. The lowest BCUT2D eigenvalue weighted by atomic mass is 10.1. The summed E-state index contributed by atoms with van der Waals surface area (Å²) in [5.74, 6) is -0.159. The molecule has 0 aliphatic carbocycles. The lowest BCUT2D eigenvalue weighted by Gasteiger charge is -2.11. The molecule has 1 aromatic heterocycles. The van der Waals surface area contributed by atoms with E-state index in [1.165, 1.54) is 7.11 Å². The van der Waals surface area contributed by atoms with E-state index in [0.29, 0.717) is 28.2 Å². The number of nitrogens with zero attached hydrogens (tertiary/aromatic N) is 2. The lowest BCUT2D eigenvalue weighted by molar-refractivity contribution is 0.102. The largest absolute Gasteiger partial charge is 0.397 e. The van der Waals surface area contributed by atoms with E-state index in [1.807, 2.05) is 0 Å². The van der Waals surface area contributed by atoms with Crippen LogP contribution >= 0.6 is 15.9 Å². The van der Waals surface area contributed by atoms with Crippen LogP contribution in [0.3, 0.4) is 0 Å². The molecule has 1 heterocycles. The topological polar surface area (TPSA) is 119 Å². The molecule has 0 aliphatic rings. The first-order valence-corrected chi connectivity index (χ1v) is 9.57. The average molecular weight is 468 g/mol. The van der Waals surface area contributed by atoms with Crippen LogP contribution in [0.25, 0.3) is 0 Å². The van der Waals surface area contributed by atoms with Gasteiger partial charge in [-0.2, -0.15) is 0 Å². The molecular formula is C21H18BrN5O3. The first-order valence-electron chi connectivity index (χ1n) is 8.78. The van der Waals surface area contributed by atoms with E-state index >= 15 is 0 Å². The molecule has 0 aliphatic heterocycles. The van der Waals surface area contributed by atoms with Crippen LogP contribution < -0.4 is 16.4 Å². The van der Waals surface area contributed by atoms with Crippen LogP contribution in [0.2, 0.25) is 0 Å². The number of benzene rings is 2. The first kappa shape index (κ1) is 21.0. The van der Waals surface area contributed by atoms with Crippen molar-refractivity contribution in [2.45, 2.75) is 0 Å². The molecule has 8 nitrogen and oxygen atoms in total. The number of carbonyl (C=O) groups is 2. The molecule has 152 valence electrons. The lowest BCUT2D eigenvalue weighted by Crippen LogP contribution is -2.19. The van der Waals surface area contributed by atoms with Gasteiger partial charge in [0.05, 0.1) is 11.3 Å². The number of amides is 2. The van der Waals surface area contributed by atoms with Gasteiger partial charge < -0.3 is 21.2 Å². The number of hydrogen-bond acceptors (Lipinski definition) is 5. The van der Waals surface area contributed by atoms with E-state index in [2.05, 4.69) is 41.5 Å². The highest BCUT2D eigenvalue weighted by Crippen LogP contribution is 2.19. The normalized spacial score (nSPS) is 10.9. The van der Waals surface area contributed by atoms with Gasteiger partial charge in [0.2, 0.25) is 0 Å². The van der Waals surface area contributed by atoms with E-state index in [-0.39, 0.29) is 17.6 Å². The number of nitrogens with two attached hydrogens (primary N) is 1. The molecule has 0 bridgehead atoms. The van der Waals surface area contributed by atoms with E-state index in [4.69, 9.17) is 5.73 Å². The second-order valence-corrected chi connectivity index (χ2v) is 6.97. The molecule has 3 aromatic rings. The summed E-state index contributed by atoms with van der Waals surface area (Å²) in [6.07, 6.45) is 1.58. The smallest absolute Gasteiger partial charge is 0.258 e. The number of rotatable bonds is 6. The van der Waals surface area contributed by atoms with Gasteiger partial charge in [-0.25, -0.2) is 4.98 Å². The first-order chi connectivity index (χ1) is 14.5. The van der Waals surface area contributed by atoms with Crippen LogP contribution in [-0.2, 0) is 4.84 Å². The number of oxime groups is 1. The molecule has 0 radical (unpaired) electrons. The Morgan fingerprint density at radius 3 is 2.33 bits per heavy atom. The van der Waals surface area contributed by atoms with E-state index in [0.717, 1.165) is 4.47 Å². The van der Waals surface area contributed by atoms with Crippen molar-refractivity contribution in [3.8, 4) is 0 Å². The Balaban J connectivity index is 1.75. The molecular weight excluding hydrogens is 450 g/mol. The summed E-state index contributed by atoms with van der Waals surface area (Å²) in [6, 6.07) is 16.7. The molecule has 9 heteroatoms. The fraction of sp³-hybridized carbons (Fsp3) is 0.0476. The van der Waals surface area contributed by atoms with Crippen molar-refractivity contribution in [1.82, 2.24) is 4.98 Å². The maximum atomic E-state index is 12.7. The minimum atomic E-state index is -0.389. The van der Waals surface area contributed by atoms with E-state index in [9.17, 15) is 9.59 Å². The summed E-state index contributed by atoms with van der Waals surface area (Å²) < 4.78 is 0.800. The van der Waals surface area contributed by atoms with Crippen LogP contribution in [0.5, 0.6) is 0 Å². The minimum Gasteiger partial charge on any atom is -0.397 e. The van der Waals surface area contributed by atoms with Crippen LogP contribution in [-0.4, -0.2) is 29.7 Å². The van der Waals surface area contributed by atoms with Gasteiger partial charge in [-0.3, -0.25) is 9.59 Å². The second-order valence-electron chi connectivity index (χ2n) is 6.05. The number of hydrogen-bond donors (Lipinski definition) is 3. The summed E-state index contributed by atoms with van der Waals surface area (Å²) >= 11 is 3.30. The number of pyridine rings is 1. The molecule has 2 aromatic carbocycles. The Morgan fingerprint density at radius 1 is 0.967 bits per heavy atom. The predicted molar refractivity (Wildman–Crippen MR) is 118 cm³/mol. The summed E-state index contributed by atoms with van der Waals surface area (Å²) in [7, 11) is 1.40. The summed E-state index contributed by atoms with van der Waals surface area (Å²) in [4.78, 5) is 34.1. The van der Waals surface area contributed by atoms with Crippen molar-refractivity contribution in [2.24, 2.45) is 10.9 Å². The zero-order chi connectivity index (χ0) is 21.5. The number of anilines is 2. The van der Waals surface area contributed by atoms with Gasteiger partial charge in [-0.15, -0.1) is 0 Å². The fourth-order valence-corrected chi connectivity index (χ4v) is 2.80. The second kappa shape index (κ2) is 9.66. The minimum absolute atomic E-state index is 0.202. The number of nitrogens with one attached hydrogen (secondary N) is 2. The third kappa shape index (κ3) is 5.21. The Bertz CT molecular complexity index is 1080. The van der Waals surface area contributed by atoms with Crippen LogP contribution in [0, 0.1) is 0 Å². The highest BCUT2D eigenvalue weighted by Gasteiger charge is 2.15. The maximum Gasteiger partial charge on any atom is 0.258 e. The molecule has 3 rings (SSSR count). The molecule has 0 saturated carbocycles. The van der Waals surface area contributed by atoms with Gasteiger partial charge in [-0.05, 0) is 52.3 Å². The quantitative estimate of drug-likeness (QED) is 0.290. The average Bonchev–Trinajstić information content (AvgIpc) is 2.76. The van der Waals surface area contributed by atoms with Crippen molar-refractivity contribution >= 4 is 45.1 Å². The van der Waals surface area contributed by atoms with E-state index < -0.39 is 0 Å².